The third-order valence-electron chi connectivity index (χ3n) is 4.89. The van der Waals surface area contributed by atoms with Crippen molar-refractivity contribution in [3.63, 3.8) is 0 Å². The molecule has 0 spiro atoms. The second-order valence-corrected chi connectivity index (χ2v) is 7.44. The van der Waals surface area contributed by atoms with Crippen molar-refractivity contribution in [2.75, 3.05) is 31.6 Å². The standard InChI is InChI=1S/C24H28N4O5/c1-2-15-32-20-11-9-19(10-12-20)26-23(30)24(31)27-25-16-18-7-3-4-8-21(18)33-17-22(29)28-13-5-6-14-28/h3-4,7-12,16H,2,5-6,13-15,17H2,1H3,(H,26,30)(H,27,31)/b25-16-. The lowest BCUT2D eigenvalue weighted by Crippen LogP contribution is -2.32. The molecule has 9 heteroatoms. The average molecular weight is 453 g/mol. The van der Waals surface area contributed by atoms with E-state index in [2.05, 4.69) is 15.8 Å². The van der Waals surface area contributed by atoms with Crippen LogP contribution in [-0.4, -0.2) is 55.1 Å². The van der Waals surface area contributed by atoms with Crippen LogP contribution < -0.4 is 20.2 Å². The third kappa shape index (κ3) is 7.34. The van der Waals surface area contributed by atoms with Crippen molar-refractivity contribution in [3.05, 3.63) is 54.1 Å². The van der Waals surface area contributed by atoms with E-state index in [-0.39, 0.29) is 12.5 Å². The van der Waals surface area contributed by atoms with Gasteiger partial charge in [-0.3, -0.25) is 14.4 Å². The van der Waals surface area contributed by atoms with Gasteiger partial charge in [0.1, 0.15) is 11.5 Å². The number of amides is 3. The maximum atomic E-state index is 12.2. The van der Waals surface area contributed by atoms with Crippen LogP contribution >= 0.6 is 0 Å². The van der Waals surface area contributed by atoms with E-state index in [1.165, 1.54) is 6.21 Å². The molecule has 0 bridgehead atoms. The lowest BCUT2D eigenvalue weighted by molar-refractivity contribution is -0.136. The van der Waals surface area contributed by atoms with Crippen LogP contribution in [0.3, 0.4) is 0 Å². The number of hydrazone groups is 1. The molecule has 0 aliphatic carbocycles. The summed E-state index contributed by atoms with van der Waals surface area (Å²) in [6.07, 6.45) is 4.29. The zero-order chi connectivity index (χ0) is 23.5. The van der Waals surface area contributed by atoms with Crippen molar-refractivity contribution in [1.29, 1.82) is 0 Å². The van der Waals surface area contributed by atoms with Crippen LogP contribution in [0.4, 0.5) is 5.69 Å². The molecule has 1 fully saturated rings. The number of carbonyl (C=O) groups is 3. The summed E-state index contributed by atoms with van der Waals surface area (Å²) in [5.41, 5.74) is 3.22. The molecule has 2 aromatic rings. The van der Waals surface area contributed by atoms with Gasteiger partial charge in [-0.2, -0.15) is 5.10 Å². The molecule has 2 aromatic carbocycles. The molecule has 3 amide bonds. The Labute approximate surface area is 192 Å². The van der Waals surface area contributed by atoms with Crippen LogP contribution in [0.1, 0.15) is 31.7 Å². The van der Waals surface area contributed by atoms with Gasteiger partial charge in [-0.05, 0) is 55.7 Å². The van der Waals surface area contributed by atoms with Gasteiger partial charge in [0.05, 0.1) is 12.8 Å². The molecule has 0 saturated carbocycles. The molecular formula is C24H28N4O5. The number of hydrogen-bond donors (Lipinski definition) is 2. The fourth-order valence-corrected chi connectivity index (χ4v) is 3.17. The number of benzene rings is 2. The molecule has 3 rings (SSSR count). The fraction of sp³-hybridized carbons (Fsp3) is 0.333. The summed E-state index contributed by atoms with van der Waals surface area (Å²) in [5.74, 6) is -0.686. The first-order chi connectivity index (χ1) is 16.1. The minimum absolute atomic E-state index is 0.0609. The molecule has 33 heavy (non-hydrogen) atoms. The first-order valence-electron chi connectivity index (χ1n) is 10.9. The van der Waals surface area contributed by atoms with E-state index in [0.717, 1.165) is 32.4 Å². The quantitative estimate of drug-likeness (QED) is 0.345. The van der Waals surface area contributed by atoms with Gasteiger partial charge in [0.15, 0.2) is 6.61 Å². The van der Waals surface area contributed by atoms with E-state index in [1.807, 2.05) is 6.92 Å². The van der Waals surface area contributed by atoms with Crippen LogP contribution in [-0.2, 0) is 14.4 Å². The summed E-state index contributed by atoms with van der Waals surface area (Å²) in [7, 11) is 0. The lowest BCUT2D eigenvalue weighted by atomic mass is 10.2. The first kappa shape index (κ1) is 23.8. The smallest absolute Gasteiger partial charge is 0.329 e. The Morgan fingerprint density at radius 1 is 1.00 bits per heavy atom. The summed E-state index contributed by atoms with van der Waals surface area (Å²) in [6, 6.07) is 13.7. The maximum absolute atomic E-state index is 12.2. The Morgan fingerprint density at radius 3 is 2.45 bits per heavy atom. The number of rotatable bonds is 9. The number of nitrogens with one attached hydrogen (secondary N) is 2. The second kappa shape index (κ2) is 12.2. The number of carbonyl (C=O) groups excluding carboxylic acids is 3. The molecule has 0 atom stereocenters. The average Bonchev–Trinajstić information content (AvgIpc) is 3.38. The molecular weight excluding hydrogens is 424 g/mol. The summed E-state index contributed by atoms with van der Waals surface area (Å²) in [6.45, 7) is 4.07. The van der Waals surface area contributed by atoms with Crippen molar-refractivity contribution in [2.24, 2.45) is 5.10 Å². The van der Waals surface area contributed by atoms with Crippen LogP contribution in [0.5, 0.6) is 11.5 Å². The highest BCUT2D eigenvalue weighted by Gasteiger charge is 2.18. The van der Waals surface area contributed by atoms with E-state index in [1.54, 1.807) is 53.4 Å². The number of hydrogen-bond acceptors (Lipinski definition) is 6. The Bertz CT molecular complexity index is 985. The molecule has 0 aromatic heterocycles. The predicted molar refractivity (Wildman–Crippen MR) is 124 cm³/mol. The number of anilines is 1. The van der Waals surface area contributed by atoms with Gasteiger partial charge < -0.3 is 19.7 Å². The summed E-state index contributed by atoms with van der Waals surface area (Å²) in [4.78, 5) is 38.1. The molecule has 1 aliphatic heterocycles. The maximum Gasteiger partial charge on any atom is 0.329 e. The Hall–Kier alpha value is -3.88. The highest BCUT2D eigenvalue weighted by atomic mass is 16.5. The minimum Gasteiger partial charge on any atom is -0.494 e. The fourth-order valence-electron chi connectivity index (χ4n) is 3.17. The van der Waals surface area contributed by atoms with Crippen LogP contribution in [0.25, 0.3) is 0 Å². The van der Waals surface area contributed by atoms with Gasteiger partial charge in [0.2, 0.25) is 0 Å². The Balaban J connectivity index is 1.49. The summed E-state index contributed by atoms with van der Waals surface area (Å²) < 4.78 is 11.1. The number of para-hydroxylation sites is 1. The van der Waals surface area contributed by atoms with Gasteiger partial charge >= 0.3 is 11.8 Å². The first-order valence-corrected chi connectivity index (χ1v) is 10.9. The number of nitrogens with zero attached hydrogens (tertiary/aromatic N) is 2. The zero-order valence-corrected chi connectivity index (χ0v) is 18.6. The third-order valence-corrected chi connectivity index (χ3v) is 4.89. The molecule has 1 heterocycles. The second-order valence-electron chi connectivity index (χ2n) is 7.44. The van der Waals surface area contributed by atoms with E-state index in [9.17, 15) is 14.4 Å². The summed E-state index contributed by atoms with van der Waals surface area (Å²) >= 11 is 0. The van der Waals surface area contributed by atoms with Crippen LogP contribution in [0.2, 0.25) is 0 Å². The van der Waals surface area contributed by atoms with E-state index in [4.69, 9.17) is 9.47 Å². The van der Waals surface area contributed by atoms with Gasteiger partial charge in [0, 0.05) is 24.3 Å². The molecule has 0 unspecified atom stereocenters. The number of ether oxygens (including phenoxy) is 2. The Morgan fingerprint density at radius 2 is 1.73 bits per heavy atom. The molecule has 2 N–H and O–H groups in total. The van der Waals surface area contributed by atoms with Gasteiger partial charge in [0.25, 0.3) is 5.91 Å². The largest absolute Gasteiger partial charge is 0.494 e. The SMILES string of the molecule is CCCOc1ccc(NC(=O)C(=O)N/N=C\c2ccccc2OCC(=O)N2CCCC2)cc1. The van der Waals surface area contributed by atoms with Gasteiger partial charge in [-0.1, -0.05) is 19.1 Å². The van der Waals surface area contributed by atoms with Crippen LogP contribution in [0.15, 0.2) is 53.6 Å². The molecule has 9 nitrogen and oxygen atoms in total. The van der Waals surface area contributed by atoms with Crippen molar-refractivity contribution in [1.82, 2.24) is 10.3 Å². The topological polar surface area (TPSA) is 109 Å². The van der Waals surface area contributed by atoms with E-state index < -0.39 is 11.8 Å². The molecule has 1 aliphatic rings. The van der Waals surface area contributed by atoms with Crippen molar-refractivity contribution >= 4 is 29.6 Å². The number of likely N-dealkylation sites (tertiary alicyclic amines) is 1. The highest BCUT2D eigenvalue weighted by Crippen LogP contribution is 2.17. The van der Waals surface area contributed by atoms with Gasteiger partial charge in [-0.15, -0.1) is 0 Å². The van der Waals surface area contributed by atoms with Crippen molar-refractivity contribution in [2.45, 2.75) is 26.2 Å². The molecule has 174 valence electrons. The lowest BCUT2D eigenvalue weighted by Gasteiger charge is -2.16. The normalized spacial score (nSPS) is 13.1. The van der Waals surface area contributed by atoms with Crippen molar-refractivity contribution < 1.29 is 23.9 Å². The Kier molecular flexibility index (Phi) is 8.81. The zero-order valence-electron chi connectivity index (χ0n) is 18.6. The van der Waals surface area contributed by atoms with Crippen LogP contribution in [0, 0.1) is 0 Å². The molecule has 1 saturated heterocycles. The van der Waals surface area contributed by atoms with Gasteiger partial charge in [-0.25, -0.2) is 5.43 Å². The van der Waals surface area contributed by atoms with Crippen molar-refractivity contribution in [3.8, 4) is 11.5 Å². The summed E-state index contributed by atoms with van der Waals surface area (Å²) in [5, 5.41) is 6.33. The van der Waals surface area contributed by atoms with E-state index in [0.29, 0.717) is 29.4 Å². The molecule has 0 radical (unpaired) electrons. The van der Waals surface area contributed by atoms with E-state index >= 15 is 0 Å². The predicted octanol–water partition coefficient (Wildman–Crippen LogP) is 2.57. The minimum atomic E-state index is -0.917. The monoisotopic (exact) mass is 452 g/mol. The highest BCUT2D eigenvalue weighted by molar-refractivity contribution is 6.39.